The van der Waals surface area contributed by atoms with Crippen LogP contribution in [0.15, 0.2) is 12.1 Å². The first-order valence-electron chi connectivity index (χ1n) is 9.93. The van der Waals surface area contributed by atoms with Crippen LogP contribution in [0.1, 0.15) is 12.0 Å². The van der Waals surface area contributed by atoms with Crippen molar-refractivity contribution in [1.82, 2.24) is 0 Å². The minimum Gasteiger partial charge on any atom is -0.437 e. The molecule has 2 atom stereocenters. The summed E-state index contributed by atoms with van der Waals surface area (Å²) < 4.78 is 98.6. The van der Waals surface area contributed by atoms with E-state index >= 15 is 0 Å². The highest BCUT2D eigenvalue weighted by Crippen LogP contribution is 2.33. The largest absolute Gasteiger partial charge is 0.437 e. The molecule has 0 aromatic heterocycles. The fourth-order valence-electron chi connectivity index (χ4n) is 3.42. The van der Waals surface area contributed by atoms with E-state index in [0.29, 0.717) is 0 Å². The van der Waals surface area contributed by atoms with Crippen molar-refractivity contribution in [2.24, 2.45) is 0 Å². The molecule has 1 aromatic rings. The molecule has 0 aliphatic rings. The van der Waals surface area contributed by atoms with E-state index < -0.39 is 63.8 Å². The fraction of sp³-hybridized carbons (Fsp3) is 0.667. The van der Waals surface area contributed by atoms with Gasteiger partial charge in [0.05, 0.1) is 0 Å². The lowest BCUT2D eigenvalue weighted by Crippen LogP contribution is -2.59. The molecule has 1 aromatic carbocycles. The molecule has 0 N–H and O–H groups in total. The second kappa shape index (κ2) is 9.81. The predicted octanol–water partition coefficient (Wildman–Crippen LogP) is 7.00. The highest BCUT2D eigenvalue weighted by Gasteiger charge is 2.48. The van der Waals surface area contributed by atoms with Gasteiger partial charge in [0.15, 0.2) is 34.1 Å². The molecular formula is C18H32F6O3Si4. The normalized spacial score (nSPS) is 17.4. The second-order valence-corrected chi connectivity index (χ2v) is 26.3. The third-order valence-corrected chi connectivity index (χ3v) is 17.9. The zero-order chi connectivity index (χ0) is 24.5. The Morgan fingerprint density at radius 3 is 1.52 bits per heavy atom. The minimum atomic E-state index is -4.37. The summed E-state index contributed by atoms with van der Waals surface area (Å²) in [5.74, 6) is -4.25. The molecule has 1 rings (SSSR count). The van der Waals surface area contributed by atoms with Crippen LogP contribution in [-0.4, -0.2) is 39.9 Å². The topological polar surface area (TPSA) is 27.7 Å². The van der Waals surface area contributed by atoms with Gasteiger partial charge in [0.25, 0.3) is 0 Å². The Labute approximate surface area is 184 Å². The maximum absolute atomic E-state index is 13.8. The molecule has 0 radical (unpaired) electrons. The van der Waals surface area contributed by atoms with E-state index in [1.807, 2.05) is 39.3 Å². The molecule has 0 fully saturated rings. The van der Waals surface area contributed by atoms with Crippen LogP contribution in [0.3, 0.4) is 0 Å². The summed E-state index contributed by atoms with van der Waals surface area (Å²) in [4.78, 5) is 0. The Hall–Kier alpha value is -0.452. The van der Waals surface area contributed by atoms with E-state index in [-0.39, 0.29) is 17.7 Å². The van der Waals surface area contributed by atoms with Gasteiger partial charge < -0.3 is 12.3 Å². The number of alkyl halides is 3. The predicted molar refractivity (Wildman–Crippen MR) is 119 cm³/mol. The molecule has 0 bridgehead atoms. The molecule has 31 heavy (non-hydrogen) atoms. The van der Waals surface area contributed by atoms with Crippen molar-refractivity contribution in [2.75, 3.05) is 0 Å². The monoisotopic (exact) mass is 522 g/mol. The summed E-state index contributed by atoms with van der Waals surface area (Å²) >= 11 is 0. The number of hydrogen-bond donors (Lipinski definition) is 0. The van der Waals surface area contributed by atoms with Crippen molar-refractivity contribution < 1.29 is 38.7 Å². The summed E-state index contributed by atoms with van der Waals surface area (Å²) in [7, 11) is -11.3. The molecule has 0 heterocycles. The minimum absolute atomic E-state index is 0.0466. The molecule has 0 aliphatic carbocycles. The lowest BCUT2D eigenvalue weighted by Gasteiger charge is -2.43. The SMILES string of the molecule is C[Si](C)(C)O[Si](C)(CCC(F)(F)F)O[Si](C)(Cc1cc(F)c(F)c(F)c1)O[Si](C)(C)C. The Kier molecular flexibility index (Phi) is 9.04. The standard InChI is InChI=1S/C18H32F6O3Si4/c1-28(2,3)25-30(7,10-9-18(22,23)24)27-31(8,26-29(4,5)6)13-14-11-15(19)17(21)16(20)12-14/h11-12H,9-10,13H2,1-8H3. The number of hydrogen-bond acceptors (Lipinski definition) is 3. The van der Waals surface area contributed by atoms with Crippen LogP contribution >= 0.6 is 0 Å². The average molecular weight is 523 g/mol. The Morgan fingerprint density at radius 2 is 1.13 bits per heavy atom. The van der Waals surface area contributed by atoms with Crippen molar-refractivity contribution in [3.63, 3.8) is 0 Å². The van der Waals surface area contributed by atoms with E-state index in [4.69, 9.17) is 12.3 Å². The van der Waals surface area contributed by atoms with Crippen molar-refractivity contribution in [2.45, 2.75) is 77.1 Å². The quantitative estimate of drug-likeness (QED) is 0.188. The zero-order valence-electron chi connectivity index (χ0n) is 19.3. The third-order valence-electron chi connectivity index (χ3n) is 3.91. The Morgan fingerprint density at radius 1 is 0.710 bits per heavy atom. The number of benzene rings is 1. The van der Waals surface area contributed by atoms with E-state index in [9.17, 15) is 26.3 Å². The molecule has 2 unspecified atom stereocenters. The molecular weight excluding hydrogens is 491 g/mol. The van der Waals surface area contributed by atoms with Crippen LogP contribution in [0.5, 0.6) is 0 Å². The third kappa shape index (κ3) is 10.8. The molecule has 0 spiro atoms. The van der Waals surface area contributed by atoms with Crippen molar-refractivity contribution in [1.29, 1.82) is 0 Å². The first-order valence-corrected chi connectivity index (χ1v) is 21.8. The van der Waals surface area contributed by atoms with Gasteiger partial charge in [-0.2, -0.15) is 13.2 Å². The van der Waals surface area contributed by atoms with Crippen LogP contribution in [0.2, 0.25) is 58.4 Å². The molecule has 180 valence electrons. The lowest BCUT2D eigenvalue weighted by molar-refractivity contribution is -0.131. The maximum atomic E-state index is 13.8. The lowest BCUT2D eigenvalue weighted by atomic mass is 10.2. The van der Waals surface area contributed by atoms with E-state index in [0.717, 1.165) is 12.1 Å². The van der Waals surface area contributed by atoms with Gasteiger partial charge in [-0.3, -0.25) is 0 Å². The highest BCUT2D eigenvalue weighted by molar-refractivity contribution is 6.89. The molecule has 3 nitrogen and oxygen atoms in total. The van der Waals surface area contributed by atoms with Gasteiger partial charge in [-0.25, -0.2) is 13.2 Å². The highest BCUT2D eigenvalue weighted by atomic mass is 28.5. The van der Waals surface area contributed by atoms with E-state index in [1.54, 1.807) is 13.1 Å². The summed E-state index contributed by atoms with van der Waals surface area (Å²) in [6.45, 7) is 14.5. The summed E-state index contributed by atoms with van der Waals surface area (Å²) in [5.41, 5.74) is 0.129. The zero-order valence-corrected chi connectivity index (χ0v) is 23.3. The Bertz CT molecular complexity index is 743. The number of halogens is 6. The van der Waals surface area contributed by atoms with Gasteiger partial charge in [0, 0.05) is 12.5 Å². The van der Waals surface area contributed by atoms with Gasteiger partial charge in [-0.05, 0) is 76.1 Å². The van der Waals surface area contributed by atoms with Gasteiger partial charge >= 0.3 is 23.3 Å². The van der Waals surface area contributed by atoms with Crippen LogP contribution < -0.4 is 0 Å². The van der Waals surface area contributed by atoms with E-state index in [1.165, 1.54) is 0 Å². The fourth-order valence-corrected chi connectivity index (χ4v) is 21.6. The van der Waals surface area contributed by atoms with Crippen molar-refractivity contribution >= 4 is 33.8 Å². The summed E-state index contributed by atoms with van der Waals surface area (Å²) in [6, 6.07) is 1.38. The van der Waals surface area contributed by atoms with Crippen LogP contribution in [-0.2, 0) is 18.4 Å². The van der Waals surface area contributed by atoms with Crippen LogP contribution in [0, 0.1) is 17.5 Å². The first kappa shape index (κ1) is 28.6. The van der Waals surface area contributed by atoms with Gasteiger partial charge in [-0.1, -0.05) is 0 Å². The molecule has 0 saturated heterocycles. The first-order chi connectivity index (χ1) is 13.6. The Balaban J connectivity index is 3.35. The molecule has 0 saturated carbocycles. The van der Waals surface area contributed by atoms with Crippen molar-refractivity contribution in [3.8, 4) is 0 Å². The molecule has 13 heteroatoms. The smallest absolute Gasteiger partial charge is 0.389 e. The van der Waals surface area contributed by atoms with Crippen molar-refractivity contribution in [3.05, 3.63) is 35.1 Å². The summed E-state index contributed by atoms with van der Waals surface area (Å²) in [5, 5.41) is 0. The van der Waals surface area contributed by atoms with Gasteiger partial charge in [0.1, 0.15) is 0 Å². The number of rotatable bonds is 10. The van der Waals surface area contributed by atoms with Gasteiger partial charge in [0.2, 0.25) is 0 Å². The van der Waals surface area contributed by atoms with Crippen LogP contribution in [0.4, 0.5) is 26.3 Å². The summed E-state index contributed by atoms with van der Waals surface area (Å²) in [6.07, 6.45) is -5.43. The molecule has 0 aliphatic heterocycles. The average Bonchev–Trinajstić information content (AvgIpc) is 2.45. The van der Waals surface area contributed by atoms with Crippen LogP contribution in [0.25, 0.3) is 0 Å². The van der Waals surface area contributed by atoms with Gasteiger partial charge in [-0.15, -0.1) is 0 Å². The van der Waals surface area contributed by atoms with E-state index in [2.05, 4.69) is 0 Å². The maximum Gasteiger partial charge on any atom is 0.389 e. The molecule has 0 amide bonds. The second-order valence-electron chi connectivity index (χ2n) is 9.96.